The molecule has 3 nitrogen and oxygen atoms in total. The van der Waals surface area contributed by atoms with Gasteiger partial charge in [0.25, 0.3) is 0 Å². The highest BCUT2D eigenvalue weighted by Gasteiger charge is 2.48. The first-order valence-corrected chi connectivity index (χ1v) is 6.19. The number of amides is 1. The van der Waals surface area contributed by atoms with Crippen LogP contribution in [0.5, 0.6) is 0 Å². The molecule has 2 fully saturated rings. The lowest BCUT2D eigenvalue weighted by Crippen LogP contribution is -2.54. The number of hydrogen-bond donors (Lipinski definition) is 1. The molecule has 1 saturated carbocycles. The molecular weight excluding hydrogens is 214 g/mol. The SMILES string of the molecule is Cc1ccccc1C1CC1C(=O)N1CC(O)C1. The zero-order valence-corrected chi connectivity index (χ0v) is 9.97. The van der Waals surface area contributed by atoms with Gasteiger partial charge in [-0.2, -0.15) is 0 Å². The molecule has 1 saturated heterocycles. The fourth-order valence-electron chi connectivity index (χ4n) is 2.68. The number of nitrogens with zero attached hydrogens (tertiary/aromatic N) is 1. The second kappa shape index (κ2) is 3.84. The van der Waals surface area contributed by atoms with Crippen LogP contribution in [0.3, 0.4) is 0 Å². The highest BCUT2D eigenvalue weighted by Crippen LogP contribution is 2.49. The van der Waals surface area contributed by atoms with Crippen molar-refractivity contribution in [1.29, 1.82) is 0 Å². The van der Waals surface area contributed by atoms with Crippen molar-refractivity contribution in [2.75, 3.05) is 13.1 Å². The minimum Gasteiger partial charge on any atom is -0.389 e. The Morgan fingerprint density at radius 2 is 2.06 bits per heavy atom. The number of likely N-dealkylation sites (tertiary alicyclic amines) is 1. The molecule has 90 valence electrons. The molecule has 1 aromatic rings. The van der Waals surface area contributed by atoms with Crippen LogP contribution in [0.15, 0.2) is 24.3 Å². The van der Waals surface area contributed by atoms with Gasteiger partial charge >= 0.3 is 0 Å². The van der Waals surface area contributed by atoms with Crippen molar-refractivity contribution in [3.05, 3.63) is 35.4 Å². The van der Waals surface area contributed by atoms with E-state index in [9.17, 15) is 9.90 Å². The smallest absolute Gasteiger partial charge is 0.226 e. The lowest BCUT2D eigenvalue weighted by molar-refractivity contribution is -0.142. The standard InChI is InChI=1S/C14H17NO2/c1-9-4-2-3-5-11(9)12-6-13(12)14(17)15-7-10(16)8-15/h2-5,10,12-13,16H,6-8H2,1H3. The first-order valence-electron chi connectivity index (χ1n) is 6.19. The third-order valence-corrected chi connectivity index (χ3v) is 3.87. The molecule has 1 aliphatic heterocycles. The summed E-state index contributed by atoms with van der Waals surface area (Å²) in [6.07, 6.45) is 0.672. The first-order chi connectivity index (χ1) is 8.16. The molecule has 1 aromatic carbocycles. The molecule has 1 aliphatic carbocycles. The Kier molecular flexibility index (Phi) is 2.44. The topological polar surface area (TPSA) is 40.5 Å². The molecule has 3 heteroatoms. The monoisotopic (exact) mass is 231 g/mol. The Morgan fingerprint density at radius 3 is 2.71 bits per heavy atom. The summed E-state index contributed by atoms with van der Waals surface area (Å²) in [6.45, 7) is 3.15. The molecule has 1 N–H and O–H groups in total. The van der Waals surface area contributed by atoms with Gasteiger partial charge in [0.05, 0.1) is 6.10 Å². The summed E-state index contributed by atoms with van der Waals surface area (Å²) in [6, 6.07) is 8.29. The maximum absolute atomic E-state index is 12.0. The van der Waals surface area contributed by atoms with Crippen LogP contribution in [0, 0.1) is 12.8 Å². The van der Waals surface area contributed by atoms with E-state index in [0.29, 0.717) is 19.0 Å². The van der Waals surface area contributed by atoms with Crippen LogP contribution in [0.4, 0.5) is 0 Å². The van der Waals surface area contributed by atoms with Gasteiger partial charge in [-0.05, 0) is 30.4 Å². The normalized spacial score (nSPS) is 27.8. The Labute approximate surface area is 101 Å². The van der Waals surface area contributed by atoms with E-state index < -0.39 is 0 Å². The molecule has 17 heavy (non-hydrogen) atoms. The number of aryl methyl sites for hydroxylation is 1. The van der Waals surface area contributed by atoms with Crippen molar-refractivity contribution in [2.24, 2.45) is 5.92 Å². The van der Waals surface area contributed by atoms with E-state index in [1.807, 2.05) is 12.1 Å². The van der Waals surface area contributed by atoms with Gasteiger partial charge < -0.3 is 10.0 Å². The van der Waals surface area contributed by atoms with Crippen molar-refractivity contribution in [1.82, 2.24) is 4.90 Å². The van der Waals surface area contributed by atoms with Crippen molar-refractivity contribution in [3.8, 4) is 0 Å². The Bertz CT molecular complexity index is 451. The summed E-state index contributed by atoms with van der Waals surface area (Å²) in [5.41, 5.74) is 2.59. The second-order valence-corrected chi connectivity index (χ2v) is 5.20. The summed E-state index contributed by atoms with van der Waals surface area (Å²) < 4.78 is 0. The largest absolute Gasteiger partial charge is 0.389 e. The predicted molar refractivity (Wildman–Crippen MR) is 64.6 cm³/mol. The van der Waals surface area contributed by atoms with Crippen molar-refractivity contribution in [3.63, 3.8) is 0 Å². The third kappa shape index (κ3) is 1.84. The van der Waals surface area contributed by atoms with Gasteiger partial charge in [-0.25, -0.2) is 0 Å². The number of aliphatic hydroxyl groups is 1. The number of hydrogen-bond acceptors (Lipinski definition) is 2. The highest BCUT2D eigenvalue weighted by molar-refractivity contribution is 5.83. The predicted octanol–water partition coefficient (Wildman–Crippen LogP) is 1.30. The van der Waals surface area contributed by atoms with Crippen molar-refractivity contribution in [2.45, 2.75) is 25.4 Å². The Balaban J connectivity index is 1.67. The second-order valence-electron chi connectivity index (χ2n) is 5.20. The third-order valence-electron chi connectivity index (χ3n) is 3.87. The van der Waals surface area contributed by atoms with Gasteiger partial charge in [0.15, 0.2) is 0 Å². The summed E-state index contributed by atoms with van der Waals surface area (Å²) in [4.78, 5) is 13.8. The first kappa shape index (κ1) is 10.8. The fourth-order valence-corrected chi connectivity index (χ4v) is 2.68. The van der Waals surface area contributed by atoms with Crippen LogP contribution >= 0.6 is 0 Å². The average Bonchev–Trinajstić information content (AvgIpc) is 3.04. The zero-order chi connectivity index (χ0) is 12.0. The van der Waals surface area contributed by atoms with Crippen LogP contribution in [-0.4, -0.2) is 35.1 Å². The van der Waals surface area contributed by atoms with E-state index in [-0.39, 0.29) is 17.9 Å². The van der Waals surface area contributed by atoms with Gasteiger partial charge in [-0.3, -0.25) is 4.79 Å². The van der Waals surface area contributed by atoms with E-state index in [0.717, 1.165) is 6.42 Å². The number of β-amino-alcohol motifs (C(OH)–C–C–N with tert-alkyl or cyclic N) is 1. The zero-order valence-electron chi connectivity index (χ0n) is 9.97. The van der Waals surface area contributed by atoms with Crippen LogP contribution in [0.2, 0.25) is 0 Å². The quantitative estimate of drug-likeness (QED) is 0.833. The molecule has 3 rings (SSSR count). The van der Waals surface area contributed by atoms with E-state index in [1.165, 1.54) is 11.1 Å². The van der Waals surface area contributed by atoms with E-state index in [2.05, 4.69) is 19.1 Å². The average molecular weight is 231 g/mol. The van der Waals surface area contributed by atoms with Crippen molar-refractivity contribution < 1.29 is 9.90 Å². The van der Waals surface area contributed by atoms with Gasteiger partial charge in [-0.1, -0.05) is 24.3 Å². The van der Waals surface area contributed by atoms with Gasteiger partial charge in [0.2, 0.25) is 5.91 Å². The molecule has 0 aromatic heterocycles. The molecule has 1 amide bonds. The lowest BCUT2D eigenvalue weighted by Gasteiger charge is -2.36. The number of carbonyl (C=O) groups is 1. The minimum absolute atomic E-state index is 0.156. The number of carbonyl (C=O) groups excluding carboxylic acids is 1. The maximum atomic E-state index is 12.0. The number of benzene rings is 1. The molecule has 2 aliphatic rings. The number of aliphatic hydroxyl groups excluding tert-OH is 1. The van der Waals surface area contributed by atoms with Crippen LogP contribution < -0.4 is 0 Å². The summed E-state index contributed by atoms with van der Waals surface area (Å²) in [5, 5.41) is 9.20. The van der Waals surface area contributed by atoms with Crippen molar-refractivity contribution >= 4 is 5.91 Å². The fraction of sp³-hybridized carbons (Fsp3) is 0.500. The lowest BCUT2D eigenvalue weighted by atomic mass is 10.0. The highest BCUT2D eigenvalue weighted by atomic mass is 16.3. The van der Waals surface area contributed by atoms with E-state index in [4.69, 9.17) is 0 Å². The molecule has 2 atom stereocenters. The number of rotatable bonds is 2. The Morgan fingerprint density at radius 1 is 1.35 bits per heavy atom. The van der Waals surface area contributed by atoms with Crippen LogP contribution in [0.25, 0.3) is 0 Å². The van der Waals surface area contributed by atoms with Gasteiger partial charge in [-0.15, -0.1) is 0 Å². The molecule has 0 bridgehead atoms. The summed E-state index contributed by atoms with van der Waals surface area (Å²) in [7, 11) is 0. The van der Waals surface area contributed by atoms with E-state index >= 15 is 0 Å². The molecular formula is C14H17NO2. The molecule has 1 heterocycles. The Hall–Kier alpha value is -1.35. The van der Waals surface area contributed by atoms with Gasteiger partial charge in [0, 0.05) is 19.0 Å². The molecule has 0 radical (unpaired) electrons. The summed E-state index contributed by atoms with van der Waals surface area (Å²) >= 11 is 0. The van der Waals surface area contributed by atoms with Crippen LogP contribution in [-0.2, 0) is 4.79 Å². The maximum Gasteiger partial charge on any atom is 0.226 e. The van der Waals surface area contributed by atoms with E-state index in [1.54, 1.807) is 4.90 Å². The van der Waals surface area contributed by atoms with Gasteiger partial charge in [0.1, 0.15) is 0 Å². The van der Waals surface area contributed by atoms with Crippen LogP contribution in [0.1, 0.15) is 23.5 Å². The minimum atomic E-state index is -0.297. The molecule has 2 unspecified atom stereocenters. The summed E-state index contributed by atoms with van der Waals surface area (Å²) in [5.74, 6) is 0.786. The molecule has 0 spiro atoms.